The molecule has 2 aromatic carbocycles. The average molecular weight is 294 g/mol. The molecule has 0 aliphatic heterocycles. The van der Waals surface area contributed by atoms with E-state index in [2.05, 4.69) is 0 Å². The van der Waals surface area contributed by atoms with E-state index in [0.29, 0.717) is 10.8 Å². The number of aromatic carboxylic acids is 2. The standard InChI is InChI=1S/C12H8O4.2K/c13-11(14)9-3-1-7-5-10(12(15)16)4-2-8(7)6-9;;/h1-6H,(H,13,14)(H,15,16);;. The molecule has 0 unspecified atom stereocenters. The van der Waals surface area contributed by atoms with Crippen LogP contribution in [0.5, 0.6) is 0 Å². The normalized spacial score (nSPS) is 9.11. The predicted octanol–water partition coefficient (Wildman–Crippen LogP) is 1.47. The summed E-state index contributed by atoms with van der Waals surface area (Å²) in [6.07, 6.45) is 0. The molecule has 0 aliphatic carbocycles. The van der Waals surface area contributed by atoms with Gasteiger partial charge in [0.05, 0.1) is 11.1 Å². The number of rotatable bonds is 2. The van der Waals surface area contributed by atoms with Gasteiger partial charge in [0.1, 0.15) is 0 Å². The Morgan fingerprint density at radius 1 is 0.722 bits per heavy atom. The van der Waals surface area contributed by atoms with Gasteiger partial charge < -0.3 is 10.2 Å². The smallest absolute Gasteiger partial charge is 0.335 e. The van der Waals surface area contributed by atoms with Crippen molar-refractivity contribution in [3.05, 3.63) is 47.5 Å². The van der Waals surface area contributed by atoms with E-state index < -0.39 is 11.9 Å². The second-order valence-corrected chi connectivity index (χ2v) is 3.39. The maximum absolute atomic E-state index is 10.7. The van der Waals surface area contributed by atoms with E-state index in [1.54, 1.807) is 12.1 Å². The van der Waals surface area contributed by atoms with E-state index in [1.807, 2.05) is 0 Å². The van der Waals surface area contributed by atoms with Gasteiger partial charge in [0.2, 0.25) is 0 Å². The monoisotopic (exact) mass is 294 g/mol. The van der Waals surface area contributed by atoms with Crippen LogP contribution >= 0.6 is 0 Å². The van der Waals surface area contributed by atoms with E-state index in [0.717, 1.165) is 0 Å². The molecular weight excluding hydrogens is 286 g/mol. The molecule has 0 fully saturated rings. The number of benzene rings is 2. The van der Waals surface area contributed by atoms with E-state index in [1.165, 1.54) is 24.3 Å². The number of hydrogen-bond acceptors (Lipinski definition) is 2. The van der Waals surface area contributed by atoms with Crippen LogP contribution in [0.25, 0.3) is 10.8 Å². The molecule has 0 spiro atoms. The van der Waals surface area contributed by atoms with Crippen LogP contribution in [-0.2, 0) is 0 Å². The molecule has 4 nitrogen and oxygen atoms in total. The number of carboxylic acids is 2. The zero-order chi connectivity index (χ0) is 11.7. The molecule has 0 heterocycles. The fourth-order valence-corrected chi connectivity index (χ4v) is 1.51. The van der Waals surface area contributed by atoms with Crippen LogP contribution in [0.2, 0.25) is 0 Å². The Hall–Kier alpha value is 0.913. The van der Waals surface area contributed by atoms with Crippen LogP contribution < -0.4 is 0 Å². The SMILES string of the molecule is O=C(O)c1ccc2cc(C(=O)O)ccc2c1.[K].[K]. The van der Waals surface area contributed by atoms with Gasteiger partial charge in [0, 0.05) is 103 Å². The molecule has 0 aliphatic rings. The number of carboxylic acid groups (broad SMARTS) is 2. The summed E-state index contributed by atoms with van der Waals surface area (Å²) in [5, 5.41) is 19.0. The maximum Gasteiger partial charge on any atom is 0.335 e. The minimum atomic E-state index is -0.996. The van der Waals surface area contributed by atoms with Gasteiger partial charge in [-0.05, 0) is 35.0 Å². The first-order chi connectivity index (χ1) is 7.58. The molecule has 2 aromatic rings. The fraction of sp³-hybridized carbons (Fsp3) is 0. The van der Waals surface area contributed by atoms with Crippen LogP contribution in [-0.4, -0.2) is 125 Å². The van der Waals surface area contributed by atoms with Crippen LogP contribution in [0.15, 0.2) is 36.4 Å². The van der Waals surface area contributed by atoms with Gasteiger partial charge in [0.15, 0.2) is 0 Å². The molecule has 82 valence electrons. The largest absolute Gasteiger partial charge is 0.478 e. The van der Waals surface area contributed by atoms with E-state index >= 15 is 0 Å². The van der Waals surface area contributed by atoms with E-state index in [9.17, 15) is 9.59 Å². The summed E-state index contributed by atoms with van der Waals surface area (Å²) in [5.41, 5.74) is 0.381. The van der Waals surface area contributed by atoms with Gasteiger partial charge in [0.25, 0.3) is 0 Å². The van der Waals surface area contributed by atoms with Crippen molar-refractivity contribution >= 4 is 125 Å². The number of carbonyl (C=O) groups is 2. The average Bonchev–Trinajstić information content (AvgIpc) is 2.27. The van der Waals surface area contributed by atoms with E-state index in [-0.39, 0.29) is 114 Å². The summed E-state index contributed by atoms with van der Waals surface area (Å²) in [5.74, 6) is -1.99. The summed E-state index contributed by atoms with van der Waals surface area (Å²) in [4.78, 5) is 21.5. The molecule has 0 atom stereocenters. The van der Waals surface area contributed by atoms with Crippen molar-refractivity contribution in [3.8, 4) is 0 Å². The molecule has 0 saturated carbocycles. The summed E-state index contributed by atoms with van der Waals surface area (Å²) in [6, 6.07) is 9.15. The molecule has 2 N–H and O–H groups in total. The van der Waals surface area contributed by atoms with Crippen molar-refractivity contribution < 1.29 is 19.8 Å². The minimum absolute atomic E-state index is 0. The fourth-order valence-electron chi connectivity index (χ4n) is 1.51. The second kappa shape index (κ2) is 8.26. The van der Waals surface area contributed by atoms with Gasteiger partial charge >= 0.3 is 11.9 Å². The first-order valence-electron chi connectivity index (χ1n) is 4.58. The van der Waals surface area contributed by atoms with Crippen molar-refractivity contribution in [3.63, 3.8) is 0 Å². The van der Waals surface area contributed by atoms with Crippen LogP contribution in [0, 0.1) is 0 Å². The topological polar surface area (TPSA) is 74.6 Å². The molecule has 2 rings (SSSR count). The Bertz CT molecular complexity index is 542. The summed E-state index contributed by atoms with van der Waals surface area (Å²) >= 11 is 0. The zero-order valence-corrected chi connectivity index (χ0v) is 16.4. The quantitative estimate of drug-likeness (QED) is 0.823. The second-order valence-electron chi connectivity index (χ2n) is 3.39. The minimum Gasteiger partial charge on any atom is -0.478 e. The molecule has 6 heteroatoms. The van der Waals surface area contributed by atoms with Gasteiger partial charge in [-0.25, -0.2) is 9.59 Å². The molecular formula is C12H8K2O4. The number of hydrogen-bond donors (Lipinski definition) is 2. The molecule has 0 amide bonds. The summed E-state index contributed by atoms with van der Waals surface area (Å²) in [6.45, 7) is 0. The maximum atomic E-state index is 10.7. The Morgan fingerprint density at radius 3 is 1.33 bits per heavy atom. The van der Waals surface area contributed by atoms with Crippen LogP contribution in [0.3, 0.4) is 0 Å². The third kappa shape index (κ3) is 4.48. The Morgan fingerprint density at radius 2 is 1.06 bits per heavy atom. The summed E-state index contributed by atoms with van der Waals surface area (Å²) in [7, 11) is 0. The van der Waals surface area contributed by atoms with Gasteiger partial charge in [-0.1, -0.05) is 12.1 Å². The van der Waals surface area contributed by atoms with Crippen molar-refractivity contribution in [2.75, 3.05) is 0 Å². The Kier molecular flexibility index (Phi) is 8.67. The first-order valence-corrected chi connectivity index (χ1v) is 4.58. The Labute approximate surface area is 189 Å². The van der Waals surface area contributed by atoms with Crippen LogP contribution in [0.4, 0.5) is 0 Å². The van der Waals surface area contributed by atoms with Gasteiger partial charge in [-0.15, -0.1) is 0 Å². The number of fused-ring (bicyclic) bond motifs is 1. The molecule has 0 bridgehead atoms. The molecule has 18 heavy (non-hydrogen) atoms. The molecule has 0 aromatic heterocycles. The Balaban J connectivity index is 0.00000144. The third-order valence-electron chi connectivity index (χ3n) is 2.33. The summed E-state index contributed by atoms with van der Waals surface area (Å²) < 4.78 is 0. The van der Waals surface area contributed by atoms with Crippen molar-refractivity contribution in [1.82, 2.24) is 0 Å². The van der Waals surface area contributed by atoms with Crippen LogP contribution in [0.1, 0.15) is 20.7 Å². The molecule has 0 saturated heterocycles. The third-order valence-corrected chi connectivity index (χ3v) is 2.33. The van der Waals surface area contributed by atoms with Crippen molar-refractivity contribution in [1.29, 1.82) is 0 Å². The zero-order valence-electron chi connectivity index (χ0n) is 10.2. The van der Waals surface area contributed by atoms with Gasteiger partial charge in [-0.2, -0.15) is 0 Å². The van der Waals surface area contributed by atoms with Crippen molar-refractivity contribution in [2.24, 2.45) is 0 Å². The predicted molar refractivity (Wildman–Crippen MR) is 69.4 cm³/mol. The first kappa shape index (κ1) is 18.9. The van der Waals surface area contributed by atoms with Crippen molar-refractivity contribution in [2.45, 2.75) is 0 Å². The van der Waals surface area contributed by atoms with Gasteiger partial charge in [-0.3, -0.25) is 0 Å². The van der Waals surface area contributed by atoms with E-state index in [4.69, 9.17) is 10.2 Å². The molecule has 2 radical (unpaired) electrons.